The van der Waals surface area contributed by atoms with Crippen LogP contribution in [-0.2, 0) is 26.6 Å². The van der Waals surface area contributed by atoms with Crippen molar-refractivity contribution in [3.8, 4) is 34.4 Å². The van der Waals surface area contributed by atoms with Crippen molar-refractivity contribution in [2.45, 2.75) is 24.7 Å². The smallest absolute Gasteiger partial charge is 0.389 e. The van der Waals surface area contributed by atoms with Crippen molar-refractivity contribution >= 4 is 35.9 Å². The maximum Gasteiger partial charge on any atom is 0.420 e. The highest BCUT2D eigenvalue weighted by molar-refractivity contribution is 6.75. The molecule has 0 bridgehead atoms. The van der Waals surface area contributed by atoms with Gasteiger partial charge in [-0.15, -0.1) is 0 Å². The molecule has 0 saturated heterocycles. The first kappa shape index (κ1) is 25.3. The second-order valence-electron chi connectivity index (χ2n) is 5.94. The Labute approximate surface area is 164 Å². The molecule has 0 amide bonds. The Morgan fingerprint density at radius 1 is 0.538 bits per heavy atom. The molecule has 0 heterocycles. The number of rotatable bonds is 6. The summed E-state index contributed by atoms with van der Waals surface area (Å²) in [6.07, 6.45) is 0. The van der Waals surface area contributed by atoms with E-state index in [2.05, 4.69) is 34.4 Å². The van der Waals surface area contributed by atoms with Gasteiger partial charge >= 0.3 is 25.7 Å². The van der Waals surface area contributed by atoms with Gasteiger partial charge in [0.05, 0.1) is 10.2 Å². The van der Waals surface area contributed by atoms with Gasteiger partial charge in [-0.3, -0.25) is 0 Å². The molecule has 0 saturated carbocycles. The maximum atomic E-state index is 5.44. The van der Waals surface area contributed by atoms with Crippen molar-refractivity contribution in [2.75, 3.05) is 42.7 Å². The van der Waals surface area contributed by atoms with Gasteiger partial charge in [0.25, 0.3) is 0 Å². The molecule has 0 aromatic heterocycles. The minimum atomic E-state index is -2.57. The molecular weight excluding hydrogens is 401 g/mol. The maximum absolute atomic E-state index is 5.44. The molecule has 0 spiro atoms. The van der Waals surface area contributed by atoms with Crippen LogP contribution in [0.3, 0.4) is 0 Å². The van der Waals surface area contributed by atoms with Crippen LogP contribution in [0.25, 0.3) is 0 Å². The van der Waals surface area contributed by atoms with Crippen LogP contribution in [-0.4, -0.2) is 78.6 Å². The van der Waals surface area contributed by atoms with E-state index in [1.54, 1.807) is 42.7 Å². The minimum absolute atomic E-state index is 0.576. The van der Waals surface area contributed by atoms with Crippen LogP contribution in [0, 0.1) is 34.4 Å². The molecule has 10 heteroatoms. The van der Waals surface area contributed by atoms with Crippen LogP contribution in [0.5, 0.6) is 0 Å². The molecule has 0 aliphatic carbocycles. The summed E-state index contributed by atoms with van der Waals surface area (Å²) in [5.74, 6) is 9.54. The topological polar surface area (TPSA) is 55.4 Å². The molecule has 0 aliphatic rings. The molecule has 0 N–H and O–H groups in total. The van der Waals surface area contributed by atoms with E-state index in [0.717, 1.165) is 0 Å². The van der Waals surface area contributed by atoms with Crippen molar-refractivity contribution in [3.63, 3.8) is 0 Å². The van der Waals surface area contributed by atoms with Crippen LogP contribution >= 0.6 is 0 Å². The van der Waals surface area contributed by atoms with E-state index >= 15 is 0 Å². The fourth-order valence-electron chi connectivity index (χ4n) is 1.37. The highest BCUT2D eigenvalue weighted by Gasteiger charge is 2.31. The molecule has 0 aromatic rings. The molecule has 0 radical (unpaired) electrons. The van der Waals surface area contributed by atoms with Crippen molar-refractivity contribution in [3.05, 3.63) is 0 Å². The van der Waals surface area contributed by atoms with Gasteiger partial charge in [0.1, 0.15) is 5.04 Å². The van der Waals surface area contributed by atoms with E-state index in [-0.39, 0.29) is 0 Å². The zero-order chi connectivity index (χ0) is 20.5. The van der Waals surface area contributed by atoms with E-state index in [0.29, 0.717) is 10.2 Å². The highest BCUT2D eigenvalue weighted by atomic mass is 28.4. The third kappa shape index (κ3) is 7.90. The van der Waals surface area contributed by atoms with Crippen LogP contribution in [0.1, 0.15) is 0 Å². The molecule has 0 rings (SSSR count). The molecule has 26 heavy (non-hydrogen) atoms. The zero-order valence-electron chi connectivity index (χ0n) is 17.4. The fraction of sp³-hybridized carbons (Fsp3) is 0.625. The lowest BCUT2D eigenvalue weighted by molar-refractivity contribution is 0.266. The summed E-state index contributed by atoms with van der Waals surface area (Å²) in [6.45, 7) is 5.61. The average molecular weight is 431 g/mol. The third-order valence-corrected chi connectivity index (χ3v) is 11.1. The molecule has 146 valence electrons. The predicted molar refractivity (Wildman–Crippen MR) is 113 cm³/mol. The van der Waals surface area contributed by atoms with Crippen molar-refractivity contribution < 1.29 is 26.6 Å². The lowest BCUT2D eigenvalue weighted by Crippen LogP contribution is -2.36. The lowest BCUT2D eigenvalue weighted by atomic mass is 10.2. The van der Waals surface area contributed by atoms with Gasteiger partial charge in [-0.25, -0.2) is 0 Å². The molecular formula is C16H30O6Si4. The number of hydrogen-bond acceptors (Lipinski definition) is 6. The van der Waals surface area contributed by atoms with Crippen LogP contribution in [0.4, 0.5) is 0 Å². The van der Waals surface area contributed by atoms with E-state index < -0.39 is 30.7 Å². The van der Waals surface area contributed by atoms with Crippen LogP contribution in [0.2, 0.25) is 24.7 Å². The Hall–Kier alpha value is -0.692. The van der Waals surface area contributed by atoms with Crippen molar-refractivity contribution in [2.24, 2.45) is 0 Å². The molecule has 0 fully saturated rings. The van der Waals surface area contributed by atoms with Crippen LogP contribution in [0.15, 0.2) is 0 Å². The molecule has 0 aliphatic heterocycles. The zero-order valence-corrected chi connectivity index (χ0v) is 22.4. The fourth-order valence-corrected chi connectivity index (χ4v) is 5.03. The van der Waals surface area contributed by atoms with Gasteiger partial charge in [0.15, 0.2) is 0 Å². The second kappa shape index (κ2) is 10.6. The molecule has 6 nitrogen and oxygen atoms in total. The van der Waals surface area contributed by atoms with Gasteiger partial charge in [-0.2, -0.15) is 0 Å². The van der Waals surface area contributed by atoms with Crippen molar-refractivity contribution in [1.82, 2.24) is 0 Å². The second-order valence-corrected chi connectivity index (χ2v) is 16.3. The first-order valence-corrected chi connectivity index (χ1v) is 15.9. The first-order valence-electron chi connectivity index (χ1n) is 7.92. The standard InChI is InChI=1S/C16H30O6Si4/c1-17-24(7,18-2)13-10-16(23,11-14-25(8,19-3)20-4)12-15-26(9,21-5)22-6/h1-9,23H3. The van der Waals surface area contributed by atoms with Crippen LogP contribution < -0.4 is 0 Å². The summed E-state index contributed by atoms with van der Waals surface area (Å²) < 4.78 is 32.6. The Balaban J connectivity index is 6.20. The quantitative estimate of drug-likeness (QED) is 0.444. The van der Waals surface area contributed by atoms with Gasteiger partial charge in [0.2, 0.25) is 0 Å². The Morgan fingerprint density at radius 2 is 0.731 bits per heavy atom. The van der Waals surface area contributed by atoms with Gasteiger partial charge in [-0.1, -0.05) is 34.4 Å². The largest absolute Gasteiger partial charge is 0.420 e. The van der Waals surface area contributed by atoms with Gasteiger partial charge in [-0.05, 0) is 19.6 Å². The SMILES string of the molecule is CO[Si](C)(C#CC([SiH3])(C#C[Si](C)(OC)OC)C#C[Si](C)(OC)OC)OC. The third-order valence-electron chi connectivity index (χ3n) is 3.96. The van der Waals surface area contributed by atoms with E-state index in [9.17, 15) is 0 Å². The summed E-state index contributed by atoms with van der Waals surface area (Å²) in [6, 6.07) is 0. The Bertz CT molecular complexity index is 549. The summed E-state index contributed by atoms with van der Waals surface area (Å²) >= 11 is 0. The molecule has 0 unspecified atom stereocenters. The minimum Gasteiger partial charge on any atom is -0.389 e. The van der Waals surface area contributed by atoms with Gasteiger partial charge in [0, 0.05) is 42.7 Å². The summed E-state index contributed by atoms with van der Waals surface area (Å²) in [7, 11) is 2.44. The summed E-state index contributed by atoms with van der Waals surface area (Å²) in [5.41, 5.74) is 9.37. The van der Waals surface area contributed by atoms with Crippen molar-refractivity contribution in [1.29, 1.82) is 0 Å². The Kier molecular flexibility index (Phi) is 10.3. The average Bonchev–Trinajstić information content (AvgIpc) is 2.68. The predicted octanol–water partition coefficient (Wildman–Crippen LogP) is 0.233. The molecule has 0 aromatic carbocycles. The Morgan fingerprint density at radius 3 is 0.885 bits per heavy atom. The summed E-state index contributed by atoms with van der Waals surface area (Å²) in [5, 5.41) is -0.804. The van der Waals surface area contributed by atoms with E-state index in [4.69, 9.17) is 26.6 Å². The highest BCUT2D eigenvalue weighted by Crippen LogP contribution is 2.20. The van der Waals surface area contributed by atoms with Gasteiger partial charge < -0.3 is 26.6 Å². The van der Waals surface area contributed by atoms with E-state index in [1.165, 1.54) is 0 Å². The lowest BCUT2D eigenvalue weighted by Gasteiger charge is -2.19. The molecule has 0 atom stereocenters. The normalized spacial score (nSPS) is 12.3. The first-order chi connectivity index (χ1) is 12.0. The summed E-state index contributed by atoms with van der Waals surface area (Å²) in [4.78, 5) is 0. The number of hydrogen-bond donors (Lipinski definition) is 0. The van der Waals surface area contributed by atoms with E-state index in [1.807, 2.05) is 19.6 Å². The monoisotopic (exact) mass is 430 g/mol.